The van der Waals surface area contributed by atoms with E-state index in [1.165, 1.54) is 11.8 Å². The van der Waals surface area contributed by atoms with Crippen LogP contribution in [0.1, 0.15) is 12.0 Å². The summed E-state index contributed by atoms with van der Waals surface area (Å²) < 4.78 is 0. The predicted molar refractivity (Wildman–Crippen MR) is 97.3 cm³/mol. The molecule has 4 nitrogen and oxygen atoms in total. The summed E-state index contributed by atoms with van der Waals surface area (Å²) in [7, 11) is 0. The lowest BCUT2D eigenvalue weighted by molar-refractivity contribution is -0.118. The van der Waals surface area contributed by atoms with Crippen LogP contribution in [0.4, 0.5) is 5.82 Å². The van der Waals surface area contributed by atoms with E-state index in [-0.39, 0.29) is 5.91 Å². The number of halogens is 1. The summed E-state index contributed by atoms with van der Waals surface area (Å²) in [6.07, 6.45) is 2.67. The average Bonchev–Trinajstić information content (AvgIpc) is 2.55. The fraction of sp³-hybridized carbons (Fsp3) is 0.294. The Hall–Kier alpha value is -1.72. The fourth-order valence-corrected chi connectivity index (χ4v) is 2.93. The van der Waals surface area contributed by atoms with E-state index < -0.39 is 0 Å². The van der Waals surface area contributed by atoms with Crippen LogP contribution in [0.2, 0.25) is 5.02 Å². The number of pyridine rings is 1. The smallest absolute Gasteiger partial charge is 0.230 e. The zero-order valence-corrected chi connectivity index (χ0v) is 14.6. The fourth-order valence-electron chi connectivity index (χ4n) is 1.86. The Balaban J connectivity index is 1.58. The molecule has 122 valence electrons. The lowest BCUT2D eigenvalue weighted by Crippen LogP contribution is -2.27. The first kappa shape index (κ1) is 17.6. The Bertz CT molecular complexity index is 634. The lowest BCUT2D eigenvalue weighted by Gasteiger charge is -2.08. The quantitative estimate of drug-likeness (QED) is 0.563. The van der Waals surface area contributed by atoms with Crippen molar-refractivity contribution in [3.8, 4) is 0 Å². The maximum absolute atomic E-state index is 11.8. The Kier molecular flexibility index (Phi) is 7.23. The van der Waals surface area contributed by atoms with Crippen LogP contribution >= 0.6 is 23.4 Å². The second kappa shape index (κ2) is 9.43. The number of aromatic nitrogens is 1. The van der Waals surface area contributed by atoms with Gasteiger partial charge in [0.05, 0.1) is 10.8 Å². The molecule has 1 aromatic carbocycles. The maximum Gasteiger partial charge on any atom is 0.230 e. The van der Waals surface area contributed by atoms with Gasteiger partial charge >= 0.3 is 0 Å². The van der Waals surface area contributed by atoms with Crippen LogP contribution in [0.5, 0.6) is 0 Å². The first-order valence-corrected chi connectivity index (χ1v) is 8.82. The molecule has 2 aromatic rings. The predicted octanol–water partition coefficient (Wildman–Crippen LogP) is 3.75. The van der Waals surface area contributed by atoms with E-state index in [9.17, 15) is 4.79 Å². The Morgan fingerprint density at radius 1 is 1.22 bits per heavy atom. The molecule has 1 amide bonds. The van der Waals surface area contributed by atoms with Gasteiger partial charge in [0.1, 0.15) is 5.82 Å². The van der Waals surface area contributed by atoms with Gasteiger partial charge in [0, 0.05) is 24.2 Å². The van der Waals surface area contributed by atoms with Crippen molar-refractivity contribution in [1.82, 2.24) is 10.3 Å². The van der Waals surface area contributed by atoms with E-state index in [0.29, 0.717) is 17.3 Å². The largest absolute Gasteiger partial charge is 0.370 e. The van der Waals surface area contributed by atoms with Gasteiger partial charge in [0.15, 0.2) is 0 Å². The van der Waals surface area contributed by atoms with Crippen molar-refractivity contribution in [2.24, 2.45) is 0 Å². The highest BCUT2D eigenvalue weighted by molar-refractivity contribution is 8.00. The number of aryl methyl sites for hydroxylation is 1. The van der Waals surface area contributed by atoms with Crippen LogP contribution in [-0.2, 0) is 4.79 Å². The van der Waals surface area contributed by atoms with E-state index >= 15 is 0 Å². The van der Waals surface area contributed by atoms with E-state index in [1.54, 1.807) is 0 Å². The topological polar surface area (TPSA) is 54.0 Å². The van der Waals surface area contributed by atoms with Gasteiger partial charge in [0.2, 0.25) is 5.91 Å². The molecule has 1 heterocycles. The molecule has 0 fully saturated rings. The van der Waals surface area contributed by atoms with E-state index in [2.05, 4.69) is 15.6 Å². The Labute approximate surface area is 146 Å². The lowest BCUT2D eigenvalue weighted by atomic mass is 10.3. The van der Waals surface area contributed by atoms with E-state index in [0.717, 1.165) is 29.2 Å². The summed E-state index contributed by atoms with van der Waals surface area (Å²) in [6, 6.07) is 11.5. The maximum atomic E-state index is 11.8. The Morgan fingerprint density at radius 3 is 2.78 bits per heavy atom. The summed E-state index contributed by atoms with van der Waals surface area (Å²) in [5, 5.41) is 6.81. The molecule has 0 saturated heterocycles. The highest BCUT2D eigenvalue weighted by Gasteiger charge is 2.04. The zero-order valence-electron chi connectivity index (χ0n) is 13.0. The molecule has 0 radical (unpaired) electrons. The van der Waals surface area contributed by atoms with E-state index in [1.807, 2.05) is 49.5 Å². The molecular formula is C17H20ClN3OS. The van der Waals surface area contributed by atoms with E-state index in [4.69, 9.17) is 11.6 Å². The SMILES string of the molecule is Cc1ccc(NCCCNC(=O)CSc2ccccc2Cl)nc1. The van der Waals surface area contributed by atoms with Crippen molar-refractivity contribution in [3.63, 3.8) is 0 Å². The number of rotatable bonds is 8. The first-order valence-electron chi connectivity index (χ1n) is 7.46. The van der Waals surface area contributed by atoms with Gasteiger partial charge in [-0.1, -0.05) is 29.8 Å². The minimum atomic E-state index is 0.0170. The van der Waals surface area contributed by atoms with Crippen molar-refractivity contribution in [2.45, 2.75) is 18.2 Å². The molecule has 2 N–H and O–H groups in total. The molecule has 0 aliphatic heterocycles. The molecule has 0 bridgehead atoms. The summed E-state index contributed by atoms with van der Waals surface area (Å²) in [6.45, 7) is 3.42. The zero-order chi connectivity index (χ0) is 16.5. The van der Waals surface area contributed by atoms with Crippen molar-refractivity contribution in [3.05, 3.63) is 53.2 Å². The second-order valence-corrected chi connectivity index (χ2v) is 6.49. The van der Waals surface area contributed by atoms with Crippen LogP contribution in [-0.4, -0.2) is 29.7 Å². The summed E-state index contributed by atoms with van der Waals surface area (Å²) >= 11 is 7.50. The van der Waals surface area contributed by atoms with Gasteiger partial charge < -0.3 is 10.6 Å². The molecule has 6 heteroatoms. The second-order valence-electron chi connectivity index (χ2n) is 5.07. The van der Waals surface area contributed by atoms with Crippen molar-refractivity contribution >= 4 is 35.1 Å². The minimum Gasteiger partial charge on any atom is -0.370 e. The number of anilines is 1. The third-order valence-electron chi connectivity index (χ3n) is 3.09. The third-order valence-corrected chi connectivity index (χ3v) is 4.60. The minimum absolute atomic E-state index is 0.0170. The molecule has 0 atom stereocenters. The third kappa shape index (κ3) is 6.50. The number of nitrogens with zero attached hydrogens (tertiary/aromatic N) is 1. The van der Waals surface area contributed by atoms with Gasteiger partial charge in [-0.25, -0.2) is 4.98 Å². The highest BCUT2D eigenvalue weighted by Crippen LogP contribution is 2.26. The monoisotopic (exact) mass is 349 g/mol. The molecule has 0 spiro atoms. The number of carbonyl (C=O) groups is 1. The highest BCUT2D eigenvalue weighted by atomic mass is 35.5. The molecule has 0 saturated carbocycles. The molecule has 0 aliphatic carbocycles. The standard InChI is InChI=1S/C17H20ClN3OS/c1-13-7-8-16(21-11-13)19-9-4-10-20-17(22)12-23-15-6-3-2-5-14(15)18/h2-3,5-8,11H,4,9-10,12H2,1H3,(H,19,21)(H,20,22). The molecule has 0 unspecified atom stereocenters. The summed E-state index contributed by atoms with van der Waals surface area (Å²) in [5.74, 6) is 1.25. The Morgan fingerprint density at radius 2 is 2.04 bits per heavy atom. The van der Waals surface area contributed by atoms with Gasteiger partial charge in [-0.3, -0.25) is 4.79 Å². The number of thioether (sulfide) groups is 1. The van der Waals surface area contributed by atoms with Crippen molar-refractivity contribution in [2.75, 3.05) is 24.2 Å². The number of nitrogens with one attached hydrogen (secondary N) is 2. The average molecular weight is 350 g/mol. The summed E-state index contributed by atoms with van der Waals surface area (Å²) in [4.78, 5) is 17.0. The van der Waals surface area contributed by atoms with Crippen molar-refractivity contribution in [1.29, 1.82) is 0 Å². The number of carbonyl (C=O) groups excluding carboxylic acids is 1. The molecular weight excluding hydrogens is 330 g/mol. The summed E-state index contributed by atoms with van der Waals surface area (Å²) in [5.41, 5.74) is 1.14. The molecule has 1 aromatic heterocycles. The van der Waals surface area contributed by atoms with Crippen molar-refractivity contribution < 1.29 is 4.79 Å². The van der Waals surface area contributed by atoms with Gasteiger partial charge in [-0.05, 0) is 37.1 Å². The number of benzene rings is 1. The normalized spacial score (nSPS) is 10.3. The van der Waals surface area contributed by atoms with Gasteiger partial charge in [-0.15, -0.1) is 11.8 Å². The van der Waals surface area contributed by atoms with Gasteiger partial charge in [0.25, 0.3) is 0 Å². The van der Waals surface area contributed by atoms with Crippen LogP contribution in [0, 0.1) is 6.92 Å². The van der Waals surface area contributed by atoms with Crippen LogP contribution in [0.15, 0.2) is 47.5 Å². The molecule has 0 aliphatic rings. The molecule has 23 heavy (non-hydrogen) atoms. The number of hydrogen-bond donors (Lipinski definition) is 2. The number of amides is 1. The van der Waals surface area contributed by atoms with Crippen LogP contribution in [0.25, 0.3) is 0 Å². The first-order chi connectivity index (χ1) is 11.1. The molecule has 2 rings (SSSR count). The van der Waals surface area contributed by atoms with Crippen LogP contribution < -0.4 is 10.6 Å². The number of hydrogen-bond acceptors (Lipinski definition) is 4. The van der Waals surface area contributed by atoms with Crippen LogP contribution in [0.3, 0.4) is 0 Å². The van der Waals surface area contributed by atoms with Gasteiger partial charge in [-0.2, -0.15) is 0 Å².